The molecule has 4 rings (SSSR count). The Morgan fingerprint density at radius 3 is 2.08 bits per heavy atom. The standard InChI is InChI=1S/C31H36O5/c32-19-18-29(25-9-3-1-4-10-25)31(26-11-5-2-6-12-26)27-14-16-28(17-15-27)34-23-21-33-22-24-36-30-13-7-8-20-35-30/h1-6,9-12,14-17,30,32H,7-8,13,18-24H2/b31-29-. The van der Waals surface area contributed by atoms with E-state index in [1.807, 2.05) is 48.5 Å². The predicted octanol–water partition coefficient (Wildman–Crippen LogP) is 5.97. The lowest BCUT2D eigenvalue weighted by atomic mass is 9.88. The molecule has 190 valence electrons. The number of rotatable bonds is 13. The lowest BCUT2D eigenvalue weighted by molar-refractivity contribution is -0.169. The minimum absolute atomic E-state index is 0.0771. The van der Waals surface area contributed by atoms with E-state index in [9.17, 15) is 5.11 Å². The fourth-order valence-corrected chi connectivity index (χ4v) is 4.40. The summed E-state index contributed by atoms with van der Waals surface area (Å²) in [5, 5.41) is 9.85. The molecule has 0 saturated carbocycles. The van der Waals surface area contributed by atoms with E-state index >= 15 is 0 Å². The summed E-state index contributed by atoms with van der Waals surface area (Å²) < 4.78 is 22.8. The first-order chi connectivity index (χ1) is 17.8. The molecule has 1 unspecified atom stereocenters. The molecule has 1 aliphatic heterocycles. The summed E-state index contributed by atoms with van der Waals surface area (Å²) >= 11 is 0. The minimum Gasteiger partial charge on any atom is -0.491 e. The van der Waals surface area contributed by atoms with Crippen LogP contribution in [-0.4, -0.2) is 51.0 Å². The molecule has 1 atom stereocenters. The molecule has 1 saturated heterocycles. The van der Waals surface area contributed by atoms with Gasteiger partial charge in [0.15, 0.2) is 6.29 Å². The Morgan fingerprint density at radius 2 is 1.42 bits per heavy atom. The highest BCUT2D eigenvalue weighted by atomic mass is 16.7. The van der Waals surface area contributed by atoms with Crippen LogP contribution in [0.15, 0.2) is 84.9 Å². The summed E-state index contributed by atoms with van der Waals surface area (Å²) in [5.74, 6) is 0.796. The van der Waals surface area contributed by atoms with Crippen LogP contribution in [0.3, 0.4) is 0 Å². The molecule has 0 bridgehead atoms. The number of benzene rings is 3. The number of ether oxygens (including phenoxy) is 4. The fourth-order valence-electron chi connectivity index (χ4n) is 4.40. The average molecular weight is 489 g/mol. The van der Waals surface area contributed by atoms with Crippen LogP contribution in [0.4, 0.5) is 0 Å². The van der Waals surface area contributed by atoms with Crippen LogP contribution < -0.4 is 4.74 Å². The van der Waals surface area contributed by atoms with Crippen molar-refractivity contribution >= 4 is 11.1 Å². The monoisotopic (exact) mass is 488 g/mol. The summed E-state index contributed by atoms with van der Waals surface area (Å²) in [7, 11) is 0. The minimum atomic E-state index is -0.0771. The Labute approximate surface area is 214 Å². The van der Waals surface area contributed by atoms with Gasteiger partial charge in [-0.2, -0.15) is 0 Å². The molecule has 5 nitrogen and oxygen atoms in total. The third-order valence-electron chi connectivity index (χ3n) is 6.16. The summed E-state index contributed by atoms with van der Waals surface area (Å²) in [5.41, 5.74) is 5.55. The highest BCUT2D eigenvalue weighted by molar-refractivity contribution is 5.98. The molecule has 0 spiro atoms. The Morgan fingerprint density at radius 1 is 0.750 bits per heavy atom. The normalized spacial score (nSPS) is 16.4. The van der Waals surface area contributed by atoms with Gasteiger partial charge in [0.2, 0.25) is 0 Å². The smallest absolute Gasteiger partial charge is 0.157 e. The molecule has 1 heterocycles. The van der Waals surface area contributed by atoms with Crippen molar-refractivity contribution in [3.05, 3.63) is 102 Å². The van der Waals surface area contributed by atoms with Crippen molar-refractivity contribution in [1.29, 1.82) is 0 Å². The summed E-state index contributed by atoms with van der Waals surface area (Å²) in [6, 6.07) is 28.7. The Balaban J connectivity index is 1.37. The van der Waals surface area contributed by atoms with E-state index in [0.29, 0.717) is 32.8 Å². The van der Waals surface area contributed by atoms with E-state index in [4.69, 9.17) is 18.9 Å². The van der Waals surface area contributed by atoms with Crippen molar-refractivity contribution < 1.29 is 24.1 Å². The van der Waals surface area contributed by atoms with E-state index in [1.165, 1.54) is 0 Å². The molecule has 1 N–H and O–H groups in total. The van der Waals surface area contributed by atoms with Gasteiger partial charge in [-0.25, -0.2) is 0 Å². The van der Waals surface area contributed by atoms with Gasteiger partial charge in [-0.3, -0.25) is 0 Å². The van der Waals surface area contributed by atoms with Crippen molar-refractivity contribution in [2.75, 3.05) is 39.6 Å². The van der Waals surface area contributed by atoms with Gasteiger partial charge < -0.3 is 24.1 Å². The second-order valence-corrected chi connectivity index (χ2v) is 8.71. The van der Waals surface area contributed by atoms with Crippen LogP contribution >= 0.6 is 0 Å². The zero-order chi connectivity index (χ0) is 24.8. The maximum atomic E-state index is 9.85. The first-order valence-corrected chi connectivity index (χ1v) is 12.8. The number of hydrogen-bond acceptors (Lipinski definition) is 5. The first kappa shape index (κ1) is 26.1. The van der Waals surface area contributed by atoms with E-state index < -0.39 is 0 Å². The molecule has 5 heteroatoms. The summed E-state index contributed by atoms with van der Waals surface area (Å²) in [4.78, 5) is 0. The van der Waals surface area contributed by atoms with Crippen LogP contribution in [0.2, 0.25) is 0 Å². The number of aliphatic hydroxyl groups excluding tert-OH is 1. The Bertz CT molecular complexity index is 1040. The maximum absolute atomic E-state index is 9.85. The van der Waals surface area contributed by atoms with E-state index in [-0.39, 0.29) is 12.9 Å². The third kappa shape index (κ3) is 7.77. The second kappa shape index (κ2) is 14.6. The van der Waals surface area contributed by atoms with E-state index in [1.54, 1.807) is 0 Å². The van der Waals surface area contributed by atoms with Gasteiger partial charge in [0.25, 0.3) is 0 Å². The van der Waals surface area contributed by atoms with Crippen molar-refractivity contribution in [3.63, 3.8) is 0 Å². The molecule has 0 aromatic heterocycles. The Hall–Kier alpha value is -2.96. The molecule has 1 aliphatic rings. The molecular weight excluding hydrogens is 452 g/mol. The van der Waals surface area contributed by atoms with Crippen LogP contribution in [0, 0.1) is 0 Å². The largest absolute Gasteiger partial charge is 0.491 e. The van der Waals surface area contributed by atoms with Crippen LogP contribution in [0.1, 0.15) is 42.4 Å². The van der Waals surface area contributed by atoms with Crippen LogP contribution in [0.25, 0.3) is 11.1 Å². The average Bonchev–Trinajstić information content (AvgIpc) is 2.94. The topological polar surface area (TPSA) is 57.2 Å². The van der Waals surface area contributed by atoms with Crippen molar-refractivity contribution in [2.45, 2.75) is 32.0 Å². The molecule has 36 heavy (non-hydrogen) atoms. The third-order valence-corrected chi connectivity index (χ3v) is 6.16. The van der Waals surface area contributed by atoms with Crippen molar-refractivity contribution in [3.8, 4) is 5.75 Å². The molecule has 0 aliphatic carbocycles. The quantitative estimate of drug-likeness (QED) is 0.237. The fraction of sp³-hybridized carbons (Fsp3) is 0.355. The predicted molar refractivity (Wildman–Crippen MR) is 143 cm³/mol. The van der Waals surface area contributed by atoms with Gasteiger partial charge in [-0.1, -0.05) is 72.8 Å². The lowest BCUT2D eigenvalue weighted by Gasteiger charge is -2.22. The molecular formula is C31H36O5. The van der Waals surface area contributed by atoms with Gasteiger partial charge in [0.05, 0.1) is 19.8 Å². The van der Waals surface area contributed by atoms with Gasteiger partial charge in [-0.05, 0) is 65.7 Å². The van der Waals surface area contributed by atoms with E-state index in [2.05, 4.69) is 36.4 Å². The summed E-state index contributed by atoms with van der Waals surface area (Å²) in [6.45, 7) is 2.91. The highest BCUT2D eigenvalue weighted by Gasteiger charge is 2.15. The molecule has 1 fully saturated rings. The maximum Gasteiger partial charge on any atom is 0.157 e. The molecule has 0 amide bonds. The Kier molecular flexibility index (Phi) is 10.6. The summed E-state index contributed by atoms with van der Waals surface area (Å²) in [6.07, 6.45) is 3.74. The van der Waals surface area contributed by atoms with E-state index in [0.717, 1.165) is 59.5 Å². The molecule has 0 radical (unpaired) electrons. The van der Waals surface area contributed by atoms with Crippen LogP contribution in [0.5, 0.6) is 5.75 Å². The zero-order valence-electron chi connectivity index (χ0n) is 20.8. The van der Waals surface area contributed by atoms with Crippen molar-refractivity contribution in [1.82, 2.24) is 0 Å². The van der Waals surface area contributed by atoms with Gasteiger partial charge in [0, 0.05) is 13.2 Å². The van der Waals surface area contributed by atoms with Crippen molar-refractivity contribution in [2.24, 2.45) is 0 Å². The van der Waals surface area contributed by atoms with Gasteiger partial charge in [0.1, 0.15) is 12.4 Å². The number of hydrogen-bond donors (Lipinski definition) is 1. The zero-order valence-corrected chi connectivity index (χ0v) is 20.8. The van der Waals surface area contributed by atoms with Gasteiger partial charge >= 0.3 is 0 Å². The number of aliphatic hydroxyl groups is 1. The van der Waals surface area contributed by atoms with Gasteiger partial charge in [-0.15, -0.1) is 0 Å². The highest BCUT2D eigenvalue weighted by Crippen LogP contribution is 2.34. The lowest BCUT2D eigenvalue weighted by Crippen LogP contribution is -2.24. The first-order valence-electron chi connectivity index (χ1n) is 12.8. The van der Waals surface area contributed by atoms with Crippen LogP contribution in [-0.2, 0) is 14.2 Å². The molecule has 3 aromatic carbocycles. The molecule has 3 aromatic rings. The SMILES string of the molecule is OCC/C(=C(\c1ccccc1)c1ccc(OCCOCCOC2CCCCO2)cc1)c1ccccc1. The second-order valence-electron chi connectivity index (χ2n) is 8.71.